The Bertz CT molecular complexity index is 533. The number of ether oxygens (including phenoxy) is 1. The number of methoxy groups -OCH3 is 1. The minimum absolute atomic E-state index is 0.0955. The molecule has 0 heterocycles. The quantitative estimate of drug-likeness (QED) is 0.801. The minimum atomic E-state index is 0.0955. The first-order chi connectivity index (χ1) is 9.13. The van der Waals surface area contributed by atoms with Crippen LogP contribution in [-0.4, -0.2) is 12.9 Å². The SMILES string of the molecule is COc1cc2c(c(Cl)c1Cl)C(=O)C(C1CCCC1)C2. The zero-order chi connectivity index (χ0) is 13.6. The van der Waals surface area contributed by atoms with Crippen LogP contribution in [0.25, 0.3) is 0 Å². The van der Waals surface area contributed by atoms with Crippen molar-refractivity contribution >= 4 is 29.0 Å². The molecule has 1 aromatic rings. The van der Waals surface area contributed by atoms with Crippen molar-refractivity contribution in [1.82, 2.24) is 0 Å². The van der Waals surface area contributed by atoms with Gasteiger partial charge < -0.3 is 4.74 Å². The summed E-state index contributed by atoms with van der Waals surface area (Å²) < 4.78 is 5.22. The second-order valence-electron chi connectivity index (χ2n) is 5.46. The number of carbonyl (C=O) groups is 1. The van der Waals surface area contributed by atoms with Gasteiger partial charge in [-0.1, -0.05) is 36.0 Å². The molecule has 1 atom stereocenters. The maximum atomic E-state index is 12.6. The van der Waals surface area contributed by atoms with Crippen LogP contribution < -0.4 is 4.74 Å². The number of hydrogen-bond donors (Lipinski definition) is 0. The molecule has 4 heteroatoms. The van der Waals surface area contributed by atoms with Crippen molar-refractivity contribution in [2.75, 3.05) is 7.11 Å². The van der Waals surface area contributed by atoms with E-state index < -0.39 is 0 Å². The Kier molecular flexibility index (Phi) is 3.48. The Balaban J connectivity index is 2.00. The predicted octanol–water partition coefficient (Wildman–Crippen LogP) is 4.55. The fourth-order valence-electron chi connectivity index (χ4n) is 3.48. The molecule has 0 aromatic heterocycles. The van der Waals surface area contributed by atoms with E-state index in [4.69, 9.17) is 27.9 Å². The molecule has 1 fully saturated rings. The highest BCUT2D eigenvalue weighted by molar-refractivity contribution is 6.45. The molecule has 3 rings (SSSR count). The van der Waals surface area contributed by atoms with Crippen LogP contribution in [0.3, 0.4) is 0 Å². The first-order valence-electron chi connectivity index (χ1n) is 6.72. The molecule has 2 aliphatic rings. The van der Waals surface area contributed by atoms with E-state index in [2.05, 4.69) is 0 Å². The van der Waals surface area contributed by atoms with Crippen molar-refractivity contribution in [2.24, 2.45) is 11.8 Å². The van der Waals surface area contributed by atoms with Gasteiger partial charge in [0.15, 0.2) is 5.78 Å². The molecule has 0 amide bonds. The van der Waals surface area contributed by atoms with E-state index in [-0.39, 0.29) is 11.7 Å². The second kappa shape index (κ2) is 4.99. The van der Waals surface area contributed by atoms with Crippen molar-refractivity contribution in [1.29, 1.82) is 0 Å². The molecule has 0 radical (unpaired) electrons. The topological polar surface area (TPSA) is 26.3 Å². The Morgan fingerprint density at radius 1 is 1.21 bits per heavy atom. The third-order valence-corrected chi connectivity index (χ3v) is 5.32. The van der Waals surface area contributed by atoms with Gasteiger partial charge in [0.2, 0.25) is 0 Å². The monoisotopic (exact) mass is 298 g/mol. The summed E-state index contributed by atoms with van der Waals surface area (Å²) in [6.45, 7) is 0. The van der Waals surface area contributed by atoms with Crippen LogP contribution in [-0.2, 0) is 6.42 Å². The number of benzene rings is 1. The molecular formula is C15H16Cl2O2. The molecule has 0 spiro atoms. The molecule has 0 saturated heterocycles. The van der Waals surface area contributed by atoms with Gasteiger partial charge in [-0.15, -0.1) is 0 Å². The molecule has 0 aliphatic heterocycles. The lowest BCUT2D eigenvalue weighted by Gasteiger charge is -2.15. The van der Waals surface area contributed by atoms with Gasteiger partial charge in [-0.05, 0) is 36.8 Å². The van der Waals surface area contributed by atoms with Crippen molar-refractivity contribution in [3.63, 3.8) is 0 Å². The van der Waals surface area contributed by atoms with Gasteiger partial charge in [0.1, 0.15) is 10.8 Å². The first kappa shape index (κ1) is 13.3. The number of hydrogen-bond acceptors (Lipinski definition) is 2. The van der Waals surface area contributed by atoms with Crippen LogP contribution in [0.1, 0.15) is 41.6 Å². The summed E-state index contributed by atoms with van der Waals surface area (Å²) in [7, 11) is 1.56. The zero-order valence-corrected chi connectivity index (χ0v) is 12.4. The summed E-state index contributed by atoms with van der Waals surface area (Å²) in [5, 5.41) is 0.713. The number of carbonyl (C=O) groups excluding carboxylic acids is 1. The number of ketones is 1. The van der Waals surface area contributed by atoms with Gasteiger partial charge >= 0.3 is 0 Å². The van der Waals surface area contributed by atoms with Crippen LogP contribution in [0.15, 0.2) is 6.07 Å². The number of halogens is 2. The third kappa shape index (κ3) is 2.05. The first-order valence-corrected chi connectivity index (χ1v) is 7.48. The Labute approximate surface area is 123 Å². The molecule has 0 N–H and O–H groups in total. The standard InChI is InChI=1S/C15H16Cl2O2/c1-19-11-7-9-6-10(8-4-2-3-5-8)15(18)12(9)14(17)13(11)16/h7-8,10H,2-6H2,1H3. The van der Waals surface area contributed by atoms with Gasteiger partial charge in [0, 0.05) is 11.5 Å². The second-order valence-corrected chi connectivity index (χ2v) is 6.22. The Morgan fingerprint density at radius 3 is 2.53 bits per heavy atom. The van der Waals surface area contributed by atoms with Crippen LogP contribution in [0.4, 0.5) is 0 Å². The molecule has 1 unspecified atom stereocenters. The summed E-state index contributed by atoms with van der Waals surface area (Å²) in [4.78, 5) is 12.6. The molecule has 102 valence electrons. The number of rotatable bonds is 2. The van der Waals surface area contributed by atoms with Crippen LogP contribution in [0.2, 0.25) is 10.0 Å². The van der Waals surface area contributed by atoms with E-state index >= 15 is 0 Å². The smallest absolute Gasteiger partial charge is 0.168 e. The maximum Gasteiger partial charge on any atom is 0.168 e. The summed E-state index contributed by atoms with van der Waals surface area (Å²) in [6, 6.07) is 1.87. The Hall–Kier alpha value is -0.730. The van der Waals surface area contributed by atoms with Crippen molar-refractivity contribution in [2.45, 2.75) is 32.1 Å². The fraction of sp³-hybridized carbons (Fsp3) is 0.533. The Morgan fingerprint density at radius 2 is 1.89 bits per heavy atom. The molecule has 19 heavy (non-hydrogen) atoms. The van der Waals surface area contributed by atoms with E-state index in [1.54, 1.807) is 7.11 Å². The van der Waals surface area contributed by atoms with Gasteiger partial charge in [0.05, 0.1) is 12.1 Å². The molecule has 1 aromatic carbocycles. The highest BCUT2D eigenvalue weighted by atomic mass is 35.5. The highest BCUT2D eigenvalue weighted by Crippen LogP contribution is 2.46. The average Bonchev–Trinajstić information content (AvgIpc) is 3.01. The molecular weight excluding hydrogens is 283 g/mol. The zero-order valence-electron chi connectivity index (χ0n) is 10.8. The van der Waals surface area contributed by atoms with Crippen LogP contribution in [0, 0.1) is 11.8 Å². The summed E-state index contributed by atoms with van der Waals surface area (Å²) >= 11 is 12.4. The lowest BCUT2D eigenvalue weighted by atomic mass is 9.88. The third-order valence-electron chi connectivity index (χ3n) is 4.47. The van der Waals surface area contributed by atoms with Crippen LogP contribution in [0.5, 0.6) is 5.75 Å². The molecule has 0 bridgehead atoms. The van der Waals surface area contributed by atoms with Crippen molar-refractivity contribution < 1.29 is 9.53 Å². The van der Waals surface area contributed by atoms with E-state index in [1.165, 1.54) is 12.8 Å². The average molecular weight is 299 g/mol. The van der Waals surface area contributed by atoms with E-state index in [9.17, 15) is 4.79 Å². The normalized spacial score (nSPS) is 22.9. The van der Waals surface area contributed by atoms with E-state index in [0.717, 1.165) is 24.8 Å². The van der Waals surface area contributed by atoms with Gasteiger partial charge in [0.25, 0.3) is 0 Å². The fourth-order valence-corrected chi connectivity index (χ4v) is 4.02. The molecule has 1 saturated carbocycles. The maximum absolute atomic E-state index is 12.6. The van der Waals surface area contributed by atoms with E-state index in [1.807, 2.05) is 6.07 Å². The van der Waals surface area contributed by atoms with E-state index in [0.29, 0.717) is 27.3 Å². The van der Waals surface area contributed by atoms with Crippen LogP contribution >= 0.6 is 23.2 Å². The van der Waals surface area contributed by atoms with Crippen molar-refractivity contribution in [3.8, 4) is 5.75 Å². The minimum Gasteiger partial charge on any atom is -0.495 e. The van der Waals surface area contributed by atoms with Gasteiger partial charge in [-0.3, -0.25) is 4.79 Å². The molecule has 2 aliphatic carbocycles. The molecule has 2 nitrogen and oxygen atoms in total. The summed E-state index contributed by atoms with van der Waals surface area (Å²) in [5.41, 5.74) is 1.62. The largest absolute Gasteiger partial charge is 0.495 e. The lowest BCUT2D eigenvalue weighted by Crippen LogP contribution is -2.18. The van der Waals surface area contributed by atoms with Gasteiger partial charge in [-0.2, -0.15) is 0 Å². The predicted molar refractivity (Wildman–Crippen MR) is 76.5 cm³/mol. The van der Waals surface area contributed by atoms with Gasteiger partial charge in [-0.25, -0.2) is 0 Å². The highest BCUT2D eigenvalue weighted by Gasteiger charge is 2.39. The number of Topliss-reactive ketones (excluding diaryl/α,β-unsaturated/α-hetero) is 1. The number of fused-ring (bicyclic) bond motifs is 1. The lowest BCUT2D eigenvalue weighted by molar-refractivity contribution is 0.0894. The summed E-state index contributed by atoms with van der Waals surface area (Å²) in [6.07, 6.45) is 5.58. The summed E-state index contributed by atoms with van der Waals surface area (Å²) in [5.74, 6) is 1.35. The van der Waals surface area contributed by atoms with Crippen molar-refractivity contribution in [3.05, 3.63) is 27.2 Å².